The van der Waals surface area contributed by atoms with Crippen LogP contribution in [-0.4, -0.2) is 26.1 Å². The number of hydrogen-bond acceptors (Lipinski definition) is 4. The highest BCUT2D eigenvalue weighted by atomic mass is 19.1. The van der Waals surface area contributed by atoms with Gasteiger partial charge in [-0.2, -0.15) is 4.39 Å². The molecule has 1 fully saturated rings. The molecule has 8 heteroatoms. The number of imidazole rings is 1. The summed E-state index contributed by atoms with van der Waals surface area (Å²) in [4.78, 5) is 10.2. The summed E-state index contributed by atoms with van der Waals surface area (Å²) in [6.45, 7) is 0.668. The number of anilines is 1. The lowest BCUT2D eigenvalue weighted by atomic mass is 10.0. The van der Waals surface area contributed by atoms with Gasteiger partial charge in [0.05, 0.1) is 17.9 Å². The normalized spacial score (nSPS) is 16.7. The molecule has 146 valence electrons. The first-order valence-corrected chi connectivity index (χ1v) is 9.29. The molecule has 1 aliphatic heterocycles. The molecule has 0 aliphatic carbocycles. The maximum Gasteiger partial charge on any atom is 0.213 e. The monoisotopic (exact) mass is 395 g/mol. The fraction of sp³-hybridized carbons (Fsp3) is 0.190. The van der Waals surface area contributed by atoms with Crippen molar-refractivity contribution in [2.24, 2.45) is 0 Å². The summed E-state index contributed by atoms with van der Waals surface area (Å²) < 4.78 is 43.2. The second-order valence-corrected chi connectivity index (χ2v) is 6.97. The number of benzene rings is 1. The molecule has 0 bridgehead atoms. The molecule has 29 heavy (non-hydrogen) atoms. The van der Waals surface area contributed by atoms with E-state index in [-0.39, 0.29) is 6.04 Å². The van der Waals surface area contributed by atoms with E-state index in [0.29, 0.717) is 41.4 Å². The number of pyridine rings is 1. The molecular formula is C21H16F3N5. The highest BCUT2D eigenvalue weighted by Crippen LogP contribution is 2.36. The van der Waals surface area contributed by atoms with E-state index in [0.717, 1.165) is 18.6 Å². The third-order valence-corrected chi connectivity index (χ3v) is 5.19. The van der Waals surface area contributed by atoms with Crippen LogP contribution in [-0.2, 0) is 0 Å². The smallest absolute Gasteiger partial charge is 0.213 e. The molecule has 1 atom stereocenters. The van der Waals surface area contributed by atoms with Gasteiger partial charge in [-0.3, -0.25) is 0 Å². The van der Waals surface area contributed by atoms with Crippen LogP contribution in [0.4, 0.5) is 19.0 Å². The lowest BCUT2D eigenvalue weighted by Crippen LogP contribution is -2.25. The average Bonchev–Trinajstić information content (AvgIpc) is 3.36. The number of hydrogen-bond donors (Lipinski definition) is 0. The van der Waals surface area contributed by atoms with E-state index in [2.05, 4.69) is 15.1 Å². The Kier molecular flexibility index (Phi) is 4.19. The summed E-state index contributed by atoms with van der Waals surface area (Å²) in [5, 5.41) is 4.65. The second kappa shape index (κ2) is 6.88. The first kappa shape index (κ1) is 17.7. The maximum atomic E-state index is 14.4. The molecule has 0 saturated carbocycles. The van der Waals surface area contributed by atoms with E-state index in [1.807, 2.05) is 4.90 Å². The summed E-state index contributed by atoms with van der Waals surface area (Å²) in [6.07, 6.45) is 3.12. The van der Waals surface area contributed by atoms with Crippen molar-refractivity contribution >= 4 is 11.5 Å². The van der Waals surface area contributed by atoms with Gasteiger partial charge in [-0.25, -0.2) is 23.3 Å². The molecule has 3 aromatic heterocycles. The predicted molar refractivity (Wildman–Crippen MR) is 102 cm³/mol. The molecule has 1 saturated heterocycles. The fourth-order valence-corrected chi connectivity index (χ4v) is 3.88. The van der Waals surface area contributed by atoms with Crippen LogP contribution < -0.4 is 4.90 Å². The van der Waals surface area contributed by atoms with Crippen molar-refractivity contribution < 1.29 is 13.2 Å². The molecule has 1 aromatic carbocycles. The van der Waals surface area contributed by atoms with Crippen LogP contribution in [0.15, 0.2) is 54.7 Å². The summed E-state index contributed by atoms with van der Waals surface area (Å²) in [5.74, 6) is -0.878. The fourth-order valence-electron chi connectivity index (χ4n) is 3.88. The Balaban J connectivity index is 1.58. The van der Waals surface area contributed by atoms with Crippen LogP contribution in [0, 0.1) is 17.6 Å². The molecule has 0 amide bonds. The van der Waals surface area contributed by atoms with Crippen LogP contribution in [0.1, 0.15) is 24.4 Å². The van der Waals surface area contributed by atoms with E-state index >= 15 is 0 Å². The summed E-state index contributed by atoms with van der Waals surface area (Å²) in [7, 11) is 0. The van der Waals surface area contributed by atoms with Gasteiger partial charge < -0.3 is 4.90 Å². The SMILES string of the molecule is Fc1ccc(F)c(C2CCCN2c2ccc3ncc(-c4cccc(F)n4)n3n2)c1. The molecule has 1 unspecified atom stereocenters. The highest BCUT2D eigenvalue weighted by molar-refractivity contribution is 5.60. The topological polar surface area (TPSA) is 46.3 Å². The zero-order valence-electron chi connectivity index (χ0n) is 15.3. The van der Waals surface area contributed by atoms with E-state index in [9.17, 15) is 13.2 Å². The molecular weight excluding hydrogens is 379 g/mol. The zero-order chi connectivity index (χ0) is 20.0. The van der Waals surface area contributed by atoms with Gasteiger partial charge in [-0.05, 0) is 55.3 Å². The Bertz CT molecular complexity index is 1210. The molecule has 0 radical (unpaired) electrons. The Morgan fingerprint density at radius 1 is 1.00 bits per heavy atom. The minimum Gasteiger partial charge on any atom is -0.348 e. The van der Waals surface area contributed by atoms with Gasteiger partial charge in [0.2, 0.25) is 5.95 Å². The maximum absolute atomic E-state index is 14.4. The standard InChI is InChI=1S/C21H16F3N5/c22-13-6-7-15(23)14(11-13)17-4-2-10-28(17)21-9-8-20-25-12-18(29(20)27-21)16-3-1-5-19(24)26-16/h1,3,5-9,11-12,17H,2,4,10H2. The van der Waals surface area contributed by atoms with Gasteiger partial charge >= 0.3 is 0 Å². The first-order chi connectivity index (χ1) is 14.1. The van der Waals surface area contributed by atoms with Crippen molar-refractivity contribution in [2.75, 3.05) is 11.4 Å². The van der Waals surface area contributed by atoms with E-state index in [1.54, 1.807) is 35.0 Å². The zero-order valence-corrected chi connectivity index (χ0v) is 15.3. The highest BCUT2D eigenvalue weighted by Gasteiger charge is 2.30. The van der Waals surface area contributed by atoms with Gasteiger partial charge in [0, 0.05) is 12.1 Å². The third kappa shape index (κ3) is 3.10. The lowest BCUT2D eigenvalue weighted by molar-refractivity contribution is 0.559. The Morgan fingerprint density at radius 2 is 1.90 bits per heavy atom. The van der Waals surface area contributed by atoms with Crippen molar-refractivity contribution in [3.05, 3.63) is 77.9 Å². The molecule has 0 N–H and O–H groups in total. The molecule has 5 nitrogen and oxygen atoms in total. The minimum atomic E-state index is -0.588. The first-order valence-electron chi connectivity index (χ1n) is 9.29. The number of fused-ring (bicyclic) bond motifs is 1. The van der Waals surface area contributed by atoms with Crippen LogP contribution in [0.2, 0.25) is 0 Å². The Morgan fingerprint density at radius 3 is 2.76 bits per heavy atom. The number of nitrogens with zero attached hydrogens (tertiary/aromatic N) is 5. The van der Waals surface area contributed by atoms with E-state index in [1.165, 1.54) is 12.1 Å². The number of halogens is 3. The molecule has 4 heterocycles. The quantitative estimate of drug-likeness (QED) is 0.478. The second-order valence-electron chi connectivity index (χ2n) is 6.97. The van der Waals surface area contributed by atoms with Crippen molar-refractivity contribution in [3.8, 4) is 11.4 Å². The van der Waals surface area contributed by atoms with Gasteiger partial charge in [0.25, 0.3) is 0 Å². The van der Waals surface area contributed by atoms with Gasteiger partial charge in [0.15, 0.2) is 5.65 Å². The molecule has 0 spiro atoms. The number of aromatic nitrogens is 4. The van der Waals surface area contributed by atoms with Crippen LogP contribution in [0.5, 0.6) is 0 Å². The summed E-state index contributed by atoms with van der Waals surface area (Å²) >= 11 is 0. The molecule has 1 aliphatic rings. The van der Waals surface area contributed by atoms with Crippen LogP contribution >= 0.6 is 0 Å². The van der Waals surface area contributed by atoms with E-state index < -0.39 is 17.6 Å². The third-order valence-electron chi connectivity index (χ3n) is 5.19. The number of rotatable bonds is 3. The van der Waals surface area contributed by atoms with Crippen molar-refractivity contribution in [3.63, 3.8) is 0 Å². The van der Waals surface area contributed by atoms with Crippen molar-refractivity contribution in [2.45, 2.75) is 18.9 Å². The lowest BCUT2D eigenvalue weighted by Gasteiger charge is -2.26. The largest absolute Gasteiger partial charge is 0.348 e. The van der Waals surface area contributed by atoms with E-state index in [4.69, 9.17) is 0 Å². The van der Waals surface area contributed by atoms with Crippen molar-refractivity contribution in [1.82, 2.24) is 19.6 Å². The minimum absolute atomic E-state index is 0.310. The van der Waals surface area contributed by atoms with Gasteiger partial charge in [-0.15, -0.1) is 5.10 Å². The van der Waals surface area contributed by atoms with Crippen LogP contribution in [0.25, 0.3) is 17.0 Å². The summed E-state index contributed by atoms with van der Waals surface area (Å²) in [6, 6.07) is 11.3. The van der Waals surface area contributed by atoms with Gasteiger partial charge in [0.1, 0.15) is 23.1 Å². The Hall–Kier alpha value is -3.42. The molecule has 5 rings (SSSR count). The molecule has 4 aromatic rings. The average molecular weight is 395 g/mol. The summed E-state index contributed by atoms with van der Waals surface area (Å²) in [5.41, 5.74) is 1.87. The van der Waals surface area contributed by atoms with Gasteiger partial charge in [-0.1, -0.05) is 6.07 Å². The Labute approximate surface area is 164 Å². The van der Waals surface area contributed by atoms with Crippen molar-refractivity contribution in [1.29, 1.82) is 0 Å². The van der Waals surface area contributed by atoms with Crippen LogP contribution in [0.3, 0.4) is 0 Å². The predicted octanol–water partition coefficient (Wildman–Crippen LogP) is 4.55.